The van der Waals surface area contributed by atoms with Crippen molar-refractivity contribution in [2.45, 2.75) is 6.92 Å². The third kappa shape index (κ3) is 3.48. The molecule has 0 aliphatic heterocycles. The van der Waals surface area contributed by atoms with Gasteiger partial charge in [0.05, 0.1) is 17.8 Å². The predicted molar refractivity (Wildman–Crippen MR) is 114 cm³/mol. The van der Waals surface area contributed by atoms with E-state index in [4.69, 9.17) is 16.3 Å². The second-order valence-electron chi connectivity index (χ2n) is 5.99. The van der Waals surface area contributed by atoms with Crippen molar-refractivity contribution in [2.75, 3.05) is 12.4 Å². The fraction of sp³-hybridized carbons (Fsp3) is 0.100. The Morgan fingerprint density at radius 1 is 1.18 bits per heavy atom. The molecule has 0 saturated heterocycles. The number of nitrogens with one attached hydrogen (secondary N) is 1. The minimum atomic E-state index is -0.364. The van der Waals surface area contributed by atoms with Gasteiger partial charge < -0.3 is 4.74 Å². The topological polar surface area (TPSA) is 51.2 Å². The SMILES string of the molecule is COc1ccc(-c2nc(NC(=O)c3sc4cc(F)ccc4c3Cl)sc2C)cc1. The van der Waals surface area contributed by atoms with Crippen LogP contribution >= 0.6 is 34.3 Å². The molecule has 0 bridgehead atoms. The van der Waals surface area contributed by atoms with Crippen molar-refractivity contribution in [3.63, 3.8) is 0 Å². The summed E-state index contributed by atoms with van der Waals surface area (Å²) in [6.07, 6.45) is 0. The van der Waals surface area contributed by atoms with Gasteiger partial charge in [-0.1, -0.05) is 11.6 Å². The molecule has 0 atom stereocenters. The first-order chi connectivity index (χ1) is 13.5. The highest BCUT2D eigenvalue weighted by Gasteiger charge is 2.19. The Morgan fingerprint density at radius 2 is 1.93 bits per heavy atom. The zero-order chi connectivity index (χ0) is 19.8. The number of methoxy groups -OCH3 is 1. The van der Waals surface area contributed by atoms with E-state index in [0.29, 0.717) is 25.1 Å². The number of ether oxygens (including phenoxy) is 1. The van der Waals surface area contributed by atoms with Crippen molar-refractivity contribution in [1.29, 1.82) is 0 Å². The zero-order valence-corrected chi connectivity index (χ0v) is 17.3. The number of benzene rings is 2. The van der Waals surface area contributed by atoms with Crippen LogP contribution in [0.3, 0.4) is 0 Å². The van der Waals surface area contributed by atoms with Gasteiger partial charge in [0.15, 0.2) is 5.13 Å². The van der Waals surface area contributed by atoms with E-state index < -0.39 is 0 Å². The van der Waals surface area contributed by atoms with Crippen LogP contribution in [0.1, 0.15) is 14.5 Å². The van der Waals surface area contributed by atoms with E-state index >= 15 is 0 Å². The Kier molecular flexibility index (Phi) is 5.05. The van der Waals surface area contributed by atoms with Gasteiger partial charge in [0.25, 0.3) is 5.91 Å². The number of carbonyl (C=O) groups is 1. The van der Waals surface area contributed by atoms with Crippen molar-refractivity contribution in [2.24, 2.45) is 0 Å². The number of hydrogen-bond acceptors (Lipinski definition) is 5. The van der Waals surface area contributed by atoms with Crippen molar-refractivity contribution in [1.82, 2.24) is 4.98 Å². The Morgan fingerprint density at radius 3 is 2.64 bits per heavy atom. The zero-order valence-electron chi connectivity index (χ0n) is 14.9. The summed E-state index contributed by atoms with van der Waals surface area (Å²) in [6, 6.07) is 11.8. The van der Waals surface area contributed by atoms with Crippen molar-refractivity contribution in [3.05, 3.63) is 63.1 Å². The van der Waals surface area contributed by atoms with Gasteiger partial charge in [-0.2, -0.15) is 0 Å². The third-order valence-corrected chi connectivity index (χ3v) is 6.72. The molecule has 0 aliphatic carbocycles. The average Bonchev–Trinajstić information content (AvgIpc) is 3.21. The van der Waals surface area contributed by atoms with E-state index in [9.17, 15) is 9.18 Å². The number of anilines is 1. The highest BCUT2D eigenvalue weighted by atomic mass is 35.5. The first kappa shape index (κ1) is 18.9. The van der Waals surface area contributed by atoms with Gasteiger partial charge in [0.1, 0.15) is 16.4 Å². The minimum Gasteiger partial charge on any atom is -0.497 e. The van der Waals surface area contributed by atoms with E-state index in [0.717, 1.165) is 33.2 Å². The predicted octanol–water partition coefficient (Wildman–Crippen LogP) is 6.39. The highest BCUT2D eigenvalue weighted by molar-refractivity contribution is 7.22. The summed E-state index contributed by atoms with van der Waals surface area (Å²) in [6.45, 7) is 1.95. The number of thiazole rings is 1. The summed E-state index contributed by atoms with van der Waals surface area (Å²) in [5.41, 5.74) is 1.73. The van der Waals surface area contributed by atoms with Gasteiger partial charge in [0.2, 0.25) is 0 Å². The number of aromatic nitrogens is 1. The molecular formula is C20H14ClFN2O2S2. The van der Waals surface area contributed by atoms with Crippen molar-refractivity contribution >= 4 is 55.4 Å². The summed E-state index contributed by atoms with van der Waals surface area (Å²) >= 11 is 8.87. The van der Waals surface area contributed by atoms with Crippen LogP contribution in [0.2, 0.25) is 5.02 Å². The fourth-order valence-electron chi connectivity index (χ4n) is 2.81. The quantitative estimate of drug-likeness (QED) is 0.406. The van der Waals surface area contributed by atoms with E-state index in [1.54, 1.807) is 13.2 Å². The molecular weight excluding hydrogens is 419 g/mol. The van der Waals surface area contributed by atoms with Crippen molar-refractivity contribution in [3.8, 4) is 17.0 Å². The molecule has 0 radical (unpaired) electrons. The molecule has 1 N–H and O–H groups in total. The third-order valence-electron chi connectivity index (χ3n) is 4.18. The number of nitrogens with zero attached hydrogens (tertiary/aromatic N) is 1. The van der Waals surface area contributed by atoms with E-state index in [1.807, 2.05) is 31.2 Å². The molecule has 4 rings (SSSR count). The number of fused-ring (bicyclic) bond motifs is 1. The lowest BCUT2D eigenvalue weighted by Gasteiger charge is -2.02. The van der Waals surface area contributed by atoms with Crippen LogP contribution < -0.4 is 10.1 Å². The molecule has 28 heavy (non-hydrogen) atoms. The molecule has 0 unspecified atom stereocenters. The average molecular weight is 433 g/mol. The standard InChI is InChI=1S/C20H14ClFN2O2S2/c1-10-17(11-3-6-13(26-2)7-4-11)23-20(27-10)24-19(25)18-16(21)14-8-5-12(22)9-15(14)28-18/h3-9H,1-2H3,(H,23,24,25). The Hall–Kier alpha value is -2.48. The van der Waals surface area contributed by atoms with Crippen LogP contribution in [0.4, 0.5) is 9.52 Å². The van der Waals surface area contributed by atoms with Crippen LogP contribution in [0, 0.1) is 12.7 Å². The second kappa shape index (κ2) is 7.50. The monoisotopic (exact) mass is 432 g/mol. The summed E-state index contributed by atoms with van der Waals surface area (Å²) in [5.74, 6) is 0.0414. The normalized spacial score (nSPS) is 11.0. The molecule has 0 spiro atoms. The first-order valence-corrected chi connectivity index (χ1v) is 10.3. The molecule has 1 amide bonds. The van der Waals surface area contributed by atoms with Crippen LogP contribution in [-0.2, 0) is 0 Å². The molecule has 142 valence electrons. The number of thiophene rings is 1. The number of hydrogen-bond donors (Lipinski definition) is 1. The molecule has 0 saturated carbocycles. The molecule has 0 aliphatic rings. The van der Waals surface area contributed by atoms with Crippen LogP contribution in [0.25, 0.3) is 21.3 Å². The molecule has 4 aromatic rings. The maximum absolute atomic E-state index is 13.4. The smallest absolute Gasteiger partial charge is 0.269 e. The van der Waals surface area contributed by atoms with E-state index in [-0.39, 0.29) is 11.7 Å². The Bertz CT molecular complexity index is 1190. The molecule has 2 aromatic heterocycles. The van der Waals surface area contributed by atoms with Gasteiger partial charge in [-0.25, -0.2) is 9.37 Å². The van der Waals surface area contributed by atoms with Gasteiger partial charge in [-0.15, -0.1) is 22.7 Å². The maximum atomic E-state index is 13.4. The van der Waals surface area contributed by atoms with Crippen LogP contribution in [0.15, 0.2) is 42.5 Å². The lowest BCUT2D eigenvalue weighted by atomic mass is 10.1. The molecule has 0 fully saturated rings. The van der Waals surface area contributed by atoms with Gasteiger partial charge in [-0.05, 0) is 49.4 Å². The summed E-state index contributed by atoms with van der Waals surface area (Å²) < 4.78 is 19.2. The number of rotatable bonds is 4. The summed E-state index contributed by atoms with van der Waals surface area (Å²) in [5, 5.41) is 4.26. The fourth-order valence-corrected chi connectivity index (χ4v) is 5.07. The number of halogens is 2. The maximum Gasteiger partial charge on any atom is 0.269 e. The van der Waals surface area contributed by atoms with Gasteiger partial charge in [-0.3, -0.25) is 10.1 Å². The molecule has 4 nitrogen and oxygen atoms in total. The largest absolute Gasteiger partial charge is 0.497 e. The molecule has 2 aromatic carbocycles. The lowest BCUT2D eigenvalue weighted by Crippen LogP contribution is -2.10. The van der Waals surface area contributed by atoms with Crippen LogP contribution in [0.5, 0.6) is 5.75 Å². The van der Waals surface area contributed by atoms with Crippen molar-refractivity contribution < 1.29 is 13.9 Å². The number of carbonyl (C=O) groups excluding carboxylic acids is 1. The Labute approximate surface area is 173 Å². The number of amides is 1. The van der Waals surface area contributed by atoms with Gasteiger partial charge in [0, 0.05) is 20.5 Å². The lowest BCUT2D eigenvalue weighted by molar-refractivity contribution is 0.103. The van der Waals surface area contributed by atoms with Gasteiger partial charge >= 0.3 is 0 Å². The summed E-state index contributed by atoms with van der Waals surface area (Å²) in [7, 11) is 1.62. The molecule has 2 heterocycles. The highest BCUT2D eigenvalue weighted by Crippen LogP contribution is 2.37. The second-order valence-corrected chi connectivity index (χ2v) is 8.63. The number of aryl methyl sites for hydroxylation is 1. The van der Waals surface area contributed by atoms with E-state index in [2.05, 4.69) is 10.3 Å². The minimum absolute atomic E-state index is 0.321. The van der Waals surface area contributed by atoms with E-state index in [1.165, 1.54) is 23.5 Å². The van der Waals surface area contributed by atoms with Crippen LogP contribution in [-0.4, -0.2) is 18.0 Å². The first-order valence-electron chi connectivity index (χ1n) is 8.27. The summed E-state index contributed by atoms with van der Waals surface area (Å²) in [4.78, 5) is 18.6. The Balaban J connectivity index is 1.61. The molecule has 8 heteroatoms.